The monoisotopic (exact) mass is 215 g/mol. The van der Waals surface area contributed by atoms with Crippen LogP contribution in [-0.4, -0.2) is 4.57 Å². The summed E-state index contributed by atoms with van der Waals surface area (Å²) in [5, 5.41) is 1.36. The van der Waals surface area contributed by atoms with Crippen LogP contribution in [0.1, 0.15) is 32.8 Å². The van der Waals surface area contributed by atoms with E-state index in [-0.39, 0.29) is 0 Å². The summed E-state index contributed by atoms with van der Waals surface area (Å²) in [5.74, 6) is 0.770. The largest absolute Gasteiger partial charge is 0.347 e. The summed E-state index contributed by atoms with van der Waals surface area (Å²) in [5.41, 5.74) is 2.82. The van der Waals surface area contributed by atoms with Crippen LogP contribution in [-0.2, 0) is 13.0 Å². The average Bonchev–Trinajstić information content (AvgIpc) is 2.68. The van der Waals surface area contributed by atoms with Crippen molar-refractivity contribution in [2.24, 2.45) is 5.92 Å². The highest BCUT2D eigenvalue weighted by atomic mass is 14.9. The molecule has 1 aromatic carbocycles. The van der Waals surface area contributed by atoms with E-state index in [9.17, 15) is 0 Å². The first-order chi connectivity index (χ1) is 7.70. The molecule has 0 fully saturated rings. The molecule has 2 rings (SSSR count). The van der Waals surface area contributed by atoms with E-state index in [0.29, 0.717) is 0 Å². The van der Waals surface area contributed by atoms with Crippen molar-refractivity contribution in [1.29, 1.82) is 0 Å². The van der Waals surface area contributed by atoms with Gasteiger partial charge in [-0.05, 0) is 41.8 Å². The fourth-order valence-corrected chi connectivity index (χ4v) is 2.04. The van der Waals surface area contributed by atoms with E-state index >= 15 is 0 Å². The molecule has 1 heterocycles. The number of benzene rings is 1. The lowest BCUT2D eigenvalue weighted by Crippen LogP contribution is -2.00. The Balaban J connectivity index is 2.30. The summed E-state index contributed by atoms with van der Waals surface area (Å²) >= 11 is 0. The first-order valence-electron chi connectivity index (χ1n) is 6.28. The Bertz CT molecular complexity index is 465. The molecule has 0 atom stereocenters. The third-order valence-corrected chi connectivity index (χ3v) is 3.19. The lowest BCUT2D eigenvalue weighted by atomic mass is 10.1. The van der Waals surface area contributed by atoms with Crippen LogP contribution in [0, 0.1) is 5.92 Å². The van der Waals surface area contributed by atoms with Crippen LogP contribution in [0.5, 0.6) is 0 Å². The minimum atomic E-state index is 0.770. The molecule has 1 nitrogen and oxygen atoms in total. The Morgan fingerprint density at radius 2 is 2.00 bits per heavy atom. The Morgan fingerprint density at radius 1 is 1.19 bits per heavy atom. The minimum absolute atomic E-state index is 0.770. The summed E-state index contributed by atoms with van der Waals surface area (Å²) in [6, 6.07) is 9.01. The molecule has 16 heavy (non-hydrogen) atoms. The lowest BCUT2D eigenvalue weighted by molar-refractivity contribution is 0.524. The van der Waals surface area contributed by atoms with Crippen LogP contribution in [0.25, 0.3) is 10.9 Å². The molecule has 0 aliphatic carbocycles. The average molecular weight is 215 g/mol. The number of rotatable bonds is 4. The van der Waals surface area contributed by atoms with Crippen molar-refractivity contribution in [2.75, 3.05) is 0 Å². The van der Waals surface area contributed by atoms with Crippen LogP contribution < -0.4 is 0 Å². The van der Waals surface area contributed by atoms with Crippen LogP contribution in [0.4, 0.5) is 0 Å². The number of aryl methyl sites for hydroxylation is 2. The van der Waals surface area contributed by atoms with Gasteiger partial charge in [0.15, 0.2) is 0 Å². The normalized spacial score (nSPS) is 11.5. The van der Waals surface area contributed by atoms with Gasteiger partial charge in [-0.15, -0.1) is 0 Å². The van der Waals surface area contributed by atoms with Gasteiger partial charge < -0.3 is 4.57 Å². The zero-order valence-electron chi connectivity index (χ0n) is 10.5. The molecule has 1 heteroatoms. The van der Waals surface area contributed by atoms with Gasteiger partial charge in [-0.25, -0.2) is 0 Å². The van der Waals surface area contributed by atoms with E-state index in [1.165, 1.54) is 22.9 Å². The molecule has 0 spiro atoms. The van der Waals surface area contributed by atoms with E-state index in [4.69, 9.17) is 0 Å². The zero-order chi connectivity index (χ0) is 11.5. The Labute approximate surface area is 98.1 Å². The Hall–Kier alpha value is -1.24. The molecule has 0 aliphatic heterocycles. The molecule has 2 aromatic rings. The second-order valence-electron chi connectivity index (χ2n) is 4.94. The van der Waals surface area contributed by atoms with Crippen molar-refractivity contribution < 1.29 is 0 Å². The Kier molecular flexibility index (Phi) is 3.33. The molecular weight excluding hydrogens is 194 g/mol. The molecule has 0 aliphatic rings. The van der Waals surface area contributed by atoms with Crippen molar-refractivity contribution in [3.05, 3.63) is 36.0 Å². The second-order valence-corrected chi connectivity index (χ2v) is 4.94. The smallest absolute Gasteiger partial charge is 0.0483 e. The van der Waals surface area contributed by atoms with Crippen molar-refractivity contribution in [3.63, 3.8) is 0 Å². The van der Waals surface area contributed by atoms with Crippen LogP contribution >= 0.6 is 0 Å². The third kappa shape index (κ3) is 2.29. The second kappa shape index (κ2) is 4.73. The highest BCUT2D eigenvalue weighted by molar-refractivity contribution is 5.80. The fourth-order valence-electron chi connectivity index (χ4n) is 2.04. The molecule has 0 unspecified atom stereocenters. The highest BCUT2D eigenvalue weighted by Crippen LogP contribution is 2.19. The van der Waals surface area contributed by atoms with Gasteiger partial charge in [0.1, 0.15) is 0 Å². The van der Waals surface area contributed by atoms with Crippen molar-refractivity contribution in [3.8, 4) is 0 Å². The molecule has 0 saturated carbocycles. The van der Waals surface area contributed by atoms with Gasteiger partial charge in [0.2, 0.25) is 0 Å². The molecule has 1 aromatic heterocycles. The maximum Gasteiger partial charge on any atom is 0.0483 e. The quantitative estimate of drug-likeness (QED) is 0.718. The molecule has 0 bridgehead atoms. The van der Waals surface area contributed by atoms with Gasteiger partial charge in [-0.2, -0.15) is 0 Å². The maximum atomic E-state index is 2.38. The van der Waals surface area contributed by atoms with Crippen LogP contribution in [0.3, 0.4) is 0 Å². The number of hydrogen-bond acceptors (Lipinski definition) is 0. The van der Waals surface area contributed by atoms with Crippen molar-refractivity contribution in [2.45, 2.75) is 40.2 Å². The number of fused-ring (bicyclic) bond motifs is 1. The number of nitrogens with zero attached hydrogens (tertiary/aromatic N) is 1. The third-order valence-electron chi connectivity index (χ3n) is 3.19. The van der Waals surface area contributed by atoms with E-state index in [0.717, 1.165) is 18.9 Å². The number of aromatic nitrogens is 1. The predicted molar refractivity (Wildman–Crippen MR) is 70.8 cm³/mol. The molecule has 0 N–H and O–H groups in total. The summed E-state index contributed by atoms with van der Waals surface area (Å²) in [7, 11) is 0. The summed E-state index contributed by atoms with van der Waals surface area (Å²) in [6.45, 7) is 7.91. The summed E-state index contributed by atoms with van der Waals surface area (Å²) in [4.78, 5) is 0. The number of hydrogen-bond donors (Lipinski definition) is 0. The van der Waals surface area contributed by atoms with Gasteiger partial charge in [0.25, 0.3) is 0 Å². The molecule has 0 amide bonds. The summed E-state index contributed by atoms with van der Waals surface area (Å²) in [6.07, 6.45) is 4.58. The first-order valence-corrected chi connectivity index (χ1v) is 6.28. The Morgan fingerprint density at radius 3 is 2.69 bits per heavy atom. The van der Waals surface area contributed by atoms with Crippen molar-refractivity contribution >= 4 is 10.9 Å². The topological polar surface area (TPSA) is 4.93 Å². The van der Waals surface area contributed by atoms with E-state index in [1.807, 2.05) is 0 Å². The van der Waals surface area contributed by atoms with Crippen LogP contribution in [0.2, 0.25) is 0 Å². The maximum absolute atomic E-state index is 2.38. The standard InChI is InChI=1S/C15H21N/c1-4-13-5-6-14-8-10-16(15(14)11-13)9-7-12(2)3/h5-6,8,10-12H,4,7,9H2,1-3H3. The van der Waals surface area contributed by atoms with E-state index in [1.54, 1.807) is 0 Å². The first kappa shape index (κ1) is 11.3. The lowest BCUT2D eigenvalue weighted by Gasteiger charge is -2.08. The van der Waals surface area contributed by atoms with E-state index < -0.39 is 0 Å². The minimum Gasteiger partial charge on any atom is -0.347 e. The SMILES string of the molecule is CCc1ccc2ccn(CCC(C)C)c2c1. The molecule has 0 radical (unpaired) electrons. The summed E-state index contributed by atoms with van der Waals surface area (Å²) < 4.78 is 2.38. The van der Waals surface area contributed by atoms with Crippen molar-refractivity contribution in [1.82, 2.24) is 4.57 Å². The fraction of sp³-hybridized carbons (Fsp3) is 0.467. The molecule has 86 valence electrons. The van der Waals surface area contributed by atoms with Gasteiger partial charge in [-0.3, -0.25) is 0 Å². The van der Waals surface area contributed by atoms with E-state index in [2.05, 4.69) is 55.8 Å². The van der Waals surface area contributed by atoms with Gasteiger partial charge >= 0.3 is 0 Å². The predicted octanol–water partition coefficient (Wildman–Crippen LogP) is 4.25. The highest BCUT2D eigenvalue weighted by Gasteiger charge is 2.02. The molecular formula is C15H21N. The van der Waals surface area contributed by atoms with Gasteiger partial charge in [0, 0.05) is 18.3 Å². The van der Waals surface area contributed by atoms with Gasteiger partial charge in [0.05, 0.1) is 0 Å². The zero-order valence-corrected chi connectivity index (χ0v) is 10.5. The molecule has 0 saturated heterocycles. The van der Waals surface area contributed by atoms with Gasteiger partial charge in [-0.1, -0.05) is 32.9 Å². The van der Waals surface area contributed by atoms with Crippen LogP contribution in [0.15, 0.2) is 30.5 Å².